The lowest BCUT2D eigenvalue weighted by atomic mass is 9.89. The lowest BCUT2D eigenvalue weighted by Gasteiger charge is -2.21. The third-order valence-corrected chi connectivity index (χ3v) is 5.03. The van der Waals surface area contributed by atoms with Crippen LogP contribution in [-0.4, -0.2) is 7.11 Å². The second kappa shape index (κ2) is 7.10. The third-order valence-electron chi connectivity index (χ3n) is 4.05. The molecule has 0 saturated carbocycles. The number of aryl methyl sites for hydroxylation is 3. The highest BCUT2D eigenvalue weighted by Crippen LogP contribution is 2.36. The molecular weight excluding hydrogens is 278 g/mol. The number of rotatable bonds is 6. The standard InChI is InChI=1S/C18H25NOS/c1-5-12-10-13(6-2)16(14(7-3)11-12)17(19)18-15(20-4)8-9-21-18/h8-11,17H,5-7,19H2,1-4H3. The van der Waals surface area contributed by atoms with Crippen molar-refractivity contribution < 1.29 is 4.74 Å². The maximum atomic E-state index is 6.61. The molecule has 0 spiro atoms. The molecule has 0 aliphatic carbocycles. The van der Waals surface area contributed by atoms with Crippen molar-refractivity contribution in [1.82, 2.24) is 0 Å². The Kier molecular flexibility index (Phi) is 5.43. The summed E-state index contributed by atoms with van der Waals surface area (Å²) >= 11 is 1.68. The van der Waals surface area contributed by atoms with Crippen LogP contribution >= 0.6 is 11.3 Å². The van der Waals surface area contributed by atoms with Gasteiger partial charge in [-0.3, -0.25) is 0 Å². The summed E-state index contributed by atoms with van der Waals surface area (Å²) in [5.74, 6) is 0.899. The van der Waals surface area contributed by atoms with Crippen LogP contribution in [0, 0.1) is 0 Å². The van der Waals surface area contributed by atoms with Gasteiger partial charge in [-0.05, 0) is 53.0 Å². The second-order valence-corrected chi connectivity index (χ2v) is 6.17. The maximum Gasteiger partial charge on any atom is 0.134 e. The molecule has 0 fully saturated rings. The summed E-state index contributed by atoms with van der Waals surface area (Å²) < 4.78 is 5.45. The fraction of sp³-hybridized carbons (Fsp3) is 0.444. The van der Waals surface area contributed by atoms with Crippen molar-refractivity contribution in [2.45, 2.75) is 46.1 Å². The number of ether oxygens (including phenoxy) is 1. The monoisotopic (exact) mass is 303 g/mol. The summed E-state index contributed by atoms with van der Waals surface area (Å²) in [6, 6.07) is 6.52. The number of thiophene rings is 1. The molecule has 1 aromatic heterocycles. The molecule has 3 heteroatoms. The number of benzene rings is 1. The first-order valence-corrected chi connectivity index (χ1v) is 8.55. The molecule has 114 valence electrons. The minimum absolute atomic E-state index is 0.101. The minimum Gasteiger partial charge on any atom is -0.496 e. The Hall–Kier alpha value is -1.32. The Morgan fingerprint density at radius 2 is 1.71 bits per heavy atom. The molecule has 0 aliphatic rings. The Morgan fingerprint density at radius 1 is 1.10 bits per heavy atom. The van der Waals surface area contributed by atoms with E-state index in [1.807, 2.05) is 11.4 Å². The van der Waals surface area contributed by atoms with E-state index in [1.165, 1.54) is 22.3 Å². The fourth-order valence-electron chi connectivity index (χ4n) is 2.88. The number of hydrogen-bond acceptors (Lipinski definition) is 3. The zero-order valence-corrected chi connectivity index (χ0v) is 14.2. The van der Waals surface area contributed by atoms with Crippen molar-refractivity contribution in [2.75, 3.05) is 7.11 Å². The Balaban J connectivity index is 2.56. The predicted octanol–water partition coefficient (Wildman–Crippen LogP) is 4.49. The summed E-state index contributed by atoms with van der Waals surface area (Å²) in [7, 11) is 1.71. The Bertz CT molecular complexity index is 578. The van der Waals surface area contributed by atoms with Gasteiger partial charge in [0.15, 0.2) is 0 Å². The first kappa shape index (κ1) is 16.1. The van der Waals surface area contributed by atoms with Gasteiger partial charge < -0.3 is 10.5 Å². The van der Waals surface area contributed by atoms with Crippen LogP contribution in [0.4, 0.5) is 0 Å². The van der Waals surface area contributed by atoms with E-state index >= 15 is 0 Å². The Labute approximate surface area is 132 Å². The SMILES string of the molecule is CCc1cc(CC)c(C(N)c2sccc2OC)c(CC)c1. The lowest BCUT2D eigenvalue weighted by Crippen LogP contribution is -2.16. The second-order valence-electron chi connectivity index (χ2n) is 5.22. The normalized spacial score (nSPS) is 12.4. The number of hydrogen-bond donors (Lipinski definition) is 1. The molecule has 21 heavy (non-hydrogen) atoms. The molecule has 0 aliphatic heterocycles. The summed E-state index contributed by atoms with van der Waals surface area (Å²) in [6.45, 7) is 6.61. The molecule has 1 aromatic carbocycles. The molecule has 0 saturated heterocycles. The lowest BCUT2D eigenvalue weighted by molar-refractivity contribution is 0.410. The van der Waals surface area contributed by atoms with Crippen LogP contribution in [0.5, 0.6) is 5.75 Å². The largest absolute Gasteiger partial charge is 0.496 e. The first-order chi connectivity index (χ1) is 10.2. The van der Waals surface area contributed by atoms with Crippen molar-refractivity contribution in [1.29, 1.82) is 0 Å². The third kappa shape index (κ3) is 3.14. The van der Waals surface area contributed by atoms with Crippen LogP contribution in [0.2, 0.25) is 0 Å². The summed E-state index contributed by atoms with van der Waals surface area (Å²) in [6.07, 6.45) is 3.09. The molecule has 1 atom stereocenters. The molecule has 2 N–H and O–H groups in total. The zero-order valence-electron chi connectivity index (χ0n) is 13.4. The highest BCUT2D eigenvalue weighted by molar-refractivity contribution is 7.10. The summed E-state index contributed by atoms with van der Waals surface area (Å²) in [5.41, 5.74) is 12.0. The van der Waals surface area contributed by atoms with Crippen LogP contribution in [0.15, 0.2) is 23.6 Å². The van der Waals surface area contributed by atoms with Crippen LogP contribution in [0.25, 0.3) is 0 Å². The van der Waals surface area contributed by atoms with Gasteiger partial charge in [0, 0.05) is 0 Å². The molecule has 0 amide bonds. The van der Waals surface area contributed by atoms with Gasteiger partial charge in [-0.15, -0.1) is 11.3 Å². The van der Waals surface area contributed by atoms with Gasteiger partial charge in [0.05, 0.1) is 18.0 Å². The van der Waals surface area contributed by atoms with E-state index in [-0.39, 0.29) is 6.04 Å². The van der Waals surface area contributed by atoms with Crippen molar-refractivity contribution >= 4 is 11.3 Å². The topological polar surface area (TPSA) is 35.2 Å². The van der Waals surface area contributed by atoms with E-state index in [2.05, 4.69) is 32.9 Å². The van der Waals surface area contributed by atoms with Crippen LogP contribution < -0.4 is 10.5 Å². The first-order valence-electron chi connectivity index (χ1n) is 7.67. The van der Waals surface area contributed by atoms with Crippen molar-refractivity contribution in [3.8, 4) is 5.75 Å². The van der Waals surface area contributed by atoms with Gasteiger partial charge in [0.1, 0.15) is 5.75 Å². The van der Waals surface area contributed by atoms with Gasteiger partial charge in [0.2, 0.25) is 0 Å². The summed E-state index contributed by atoms with van der Waals surface area (Å²) in [5, 5.41) is 2.05. The average Bonchev–Trinajstić information content (AvgIpc) is 3.01. The molecular formula is C18H25NOS. The Morgan fingerprint density at radius 3 is 2.19 bits per heavy atom. The van der Waals surface area contributed by atoms with E-state index in [4.69, 9.17) is 10.5 Å². The van der Waals surface area contributed by atoms with E-state index in [1.54, 1.807) is 18.4 Å². The molecule has 0 radical (unpaired) electrons. The van der Waals surface area contributed by atoms with Gasteiger partial charge in [0.25, 0.3) is 0 Å². The predicted molar refractivity (Wildman–Crippen MR) is 91.5 cm³/mol. The quantitative estimate of drug-likeness (QED) is 0.853. The van der Waals surface area contributed by atoms with Crippen molar-refractivity contribution in [3.63, 3.8) is 0 Å². The molecule has 2 nitrogen and oxygen atoms in total. The van der Waals surface area contributed by atoms with Crippen LogP contribution in [0.1, 0.15) is 53.9 Å². The minimum atomic E-state index is -0.101. The van der Waals surface area contributed by atoms with E-state index < -0.39 is 0 Å². The van der Waals surface area contributed by atoms with Crippen molar-refractivity contribution in [2.24, 2.45) is 5.73 Å². The van der Waals surface area contributed by atoms with E-state index in [0.29, 0.717) is 0 Å². The fourth-order valence-corrected chi connectivity index (χ4v) is 3.75. The summed E-state index contributed by atoms with van der Waals surface area (Å²) in [4.78, 5) is 1.12. The van der Waals surface area contributed by atoms with Gasteiger partial charge in [-0.1, -0.05) is 32.9 Å². The van der Waals surface area contributed by atoms with Crippen molar-refractivity contribution in [3.05, 3.63) is 50.7 Å². The molecule has 0 bridgehead atoms. The zero-order chi connectivity index (χ0) is 15.4. The van der Waals surface area contributed by atoms with Crippen LogP contribution in [0.3, 0.4) is 0 Å². The van der Waals surface area contributed by atoms with Crippen LogP contribution in [-0.2, 0) is 19.3 Å². The van der Waals surface area contributed by atoms with Gasteiger partial charge in [-0.25, -0.2) is 0 Å². The van der Waals surface area contributed by atoms with Gasteiger partial charge in [-0.2, -0.15) is 0 Å². The smallest absolute Gasteiger partial charge is 0.134 e. The molecule has 2 rings (SSSR count). The molecule has 1 heterocycles. The number of methoxy groups -OCH3 is 1. The molecule has 2 aromatic rings. The molecule has 1 unspecified atom stereocenters. The van der Waals surface area contributed by atoms with Gasteiger partial charge >= 0.3 is 0 Å². The highest BCUT2D eigenvalue weighted by Gasteiger charge is 2.21. The van der Waals surface area contributed by atoms with E-state index in [9.17, 15) is 0 Å². The highest BCUT2D eigenvalue weighted by atomic mass is 32.1. The average molecular weight is 303 g/mol. The van der Waals surface area contributed by atoms with E-state index in [0.717, 1.165) is 29.9 Å². The maximum absolute atomic E-state index is 6.61. The number of nitrogens with two attached hydrogens (primary N) is 1.